The van der Waals surface area contributed by atoms with Crippen LogP contribution in [0, 0.1) is 0 Å². The zero-order valence-electron chi connectivity index (χ0n) is 5.02. The largest absolute Gasteiger partial charge is 0.367 e. The highest BCUT2D eigenvalue weighted by Crippen LogP contribution is 2.03. The van der Waals surface area contributed by atoms with Crippen LogP contribution in [-0.2, 0) is 4.74 Å². The number of methoxy groups -OCH3 is 1. The van der Waals surface area contributed by atoms with Gasteiger partial charge < -0.3 is 4.74 Å². The Kier molecular flexibility index (Phi) is 4.23. The van der Waals surface area contributed by atoms with Crippen LogP contribution in [0.3, 0.4) is 0 Å². The predicted octanol–water partition coefficient (Wildman–Crippen LogP) is 0.764. The van der Waals surface area contributed by atoms with E-state index in [1.807, 2.05) is 0 Å². The van der Waals surface area contributed by atoms with Gasteiger partial charge in [0.1, 0.15) is 6.23 Å². The van der Waals surface area contributed by atoms with Crippen molar-refractivity contribution in [2.24, 2.45) is 0 Å². The number of hydrogen-bond acceptors (Lipinski definition) is 2. The maximum Gasteiger partial charge on any atom is 0.107 e. The summed E-state index contributed by atoms with van der Waals surface area (Å²) < 4.78 is 5.00. The Morgan fingerprint density at radius 3 is 2.62 bits per heavy atom. The van der Waals surface area contributed by atoms with Crippen molar-refractivity contribution in [3.05, 3.63) is 0 Å². The van der Waals surface area contributed by atoms with Crippen molar-refractivity contribution in [2.75, 3.05) is 13.7 Å². The van der Waals surface area contributed by atoms with Crippen molar-refractivity contribution in [3.8, 4) is 0 Å². The van der Waals surface area contributed by atoms with Gasteiger partial charge in [0.2, 0.25) is 0 Å². The fourth-order valence-corrected chi connectivity index (χ4v) is 0.854. The van der Waals surface area contributed by atoms with Crippen LogP contribution in [0.1, 0.15) is 12.8 Å². The first-order chi connectivity index (χ1) is 3.43. The molecule has 0 aromatic rings. The Morgan fingerprint density at radius 2 is 2.38 bits per heavy atom. The summed E-state index contributed by atoms with van der Waals surface area (Å²) in [6, 6.07) is 0. The summed E-state index contributed by atoms with van der Waals surface area (Å²) in [4.78, 5) is 0. The average Bonchev–Trinajstić information content (AvgIpc) is 2.14. The molecule has 1 heterocycles. The van der Waals surface area contributed by atoms with Gasteiger partial charge in [-0.15, -0.1) is 12.4 Å². The van der Waals surface area contributed by atoms with E-state index in [1.54, 1.807) is 7.11 Å². The molecule has 0 aromatic carbocycles. The van der Waals surface area contributed by atoms with Crippen molar-refractivity contribution in [3.63, 3.8) is 0 Å². The normalized spacial score (nSPS) is 27.4. The van der Waals surface area contributed by atoms with Crippen LogP contribution in [0.25, 0.3) is 0 Å². The molecule has 1 saturated heterocycles. The molecule has 1 rings (SSSR count). The van der Waals surface area contributed by atoms with E-state index >= 15 is 0 Å². The van der Waals surface area contributed by atoms with Crippen molar-refractivity contribution >= 4 is 12.4 Å². The summed E-state index contributed by atoms with van der Waals surface area (Å²) in [5, 5.41) is 3.18. The van der Waals surface area contributed by atoms with Crippen molar-refractivity contribution in [1.82, 2.24) is 5.32 Å². The maximum atomic E-state index is 5.00. The Labute approximate surface area is 56.0 Å². The van der Waals surface area contributed by atoms with Gasteiger partial charge in [0, 0.05) is 7.11 Å². The first-order valence-corrected chi connectivity index (χ1v) is 2.69. The van der Waals surface area contributed by atoms with Gasteiger partial charge in [-0.25, -0.2) is 0 Å². The molecule has 0 radical (unpaired) electrons. The van der Waals surface area contributed by atoms with Gasteiger partial charge in [0.15, 0.2) is 0 Å². The summed E-state index contributed by atoms with van der Waals surface area (Å²) in [5.74, 6) is 0. The van der Waals surface area contributed by atoms with E-state index < -0.39 is 0 Å². The lowest BCUT2D eigenvalue weighted by molar-refractivity contribution is 0.0912. The number of halogens is 1. The lowest BCUT2D eigenvalue weighted by Crippen LogP contribution is -2.22. The highest BCUT2D eigenvalue weighted by molar-refractivity contribution is 5.85. The van der Waals surface area contributed by atoms with Gasteiger partial charge in [0.05, 0.1) is 0 Å². The van der Waals surface area contributed by atoms with E-state index in [1.165, 1.54) is 12.8 Å². The number of ether oxygens (including phenoxy) is 1. The molecule has 1 N–H and O–H groups in total. The van der Waals surface area contributed by atoms with Crippen molar-refractivity contribution in [2.45, 2.75) is 19.1 Å². The third-order valence-corrected chi connectivity index (χ3v) is 1.30. The van der Waals surface area contributed by atoms with Gasteiger partial charge in [-0.05, 0) is 19.4 Å². The number of nitrogens with one attached hydrogen (secondary N) is 1. The standard InChI is InChI=1S/C5H11NO.ClH/c1-7-5-3-2-4-6-5;/h5-6H,2-4H2,1H3;1H. The molecule has 0 bridgehead atoms. The summed E-state index contributed by atoms with van der Waals surface area (Å²) in [7, 11) is 1.74. The summed E-state index contributed by atoms with van der Waals surface area (Å²) in [6.45, 7) is 1.12. The van der Waals surface area contributed by atoms with Gasteiger partial charge in [-0.3, -0.25) is 5.32 Å². The minimum Gasteiger partial charge on any atom is -0.367 e. The van der Waals surface area contributed by atoms with Crippen LogP contribution >= 0.6 is 12.4 Å². The Balaban J connectivity index is 0.000000490. The van der Waals surface area contributed by atoms with Gasteiger partial charge in [-0.2, -0.15) is 0 Å². The minimum absolute atomic E-state index is 0. The molecule has 0 amide bonds. The lowest BCUT2D eigenvalue weighted by atomic mass is 10.4. The number of hydrogen-bond donors (Lipinski definition) is 1. The molecule has 0 aromatic heterocycles. The van der Waals surface area contributed by atoms with Crippen molar-refractivity contribution in [1.29, 1.82) is 0 Å². The van der Waals surface area contributed by atoms with E-state index in [9.17, 15) is 0 Å². The highest BCUT2D eigenvalue weighted by atomic mass is 35.5. The molecule has 8 heavy (non-hydrogen) atoms. The molecule has 1 fully saturated rings. The molecular weight excluding hydrogens is 126 g/mol. The van der Waals surface area contributed by atoms with Crippen LogP contribution in [0.5, 0.6) is 0 Å². The van der Waals surface area contributed by atoms with Gasteiger partial charge >= 0.3 is 0 Å². The molecule has 0 spiro atoms. The van der Waals surface area contributed by atoms with Crippen LogP contribution in [0.2, 0.25) is 0 Å². The van der Waals surface area contributed by atoms with Crippen LogP contribution in [0.15, 0.2) is 0 Å². The topological polar surface area (TPSA) is 21.3 Å². The van der Waals surface area contributed by atoms with Crippen LogP contribution in [-0.4, -0.2) is 19.9 Å². The SMILES string of the molecule is COC1CCCN1.Cl. The summed E-state index contributed by atoms with van der Waals surface area (Å²) in [6.07, 6.45) is 2.79. The smallest absolute Gasteiger partial charge is 0.107 e. The molecule has 1 unspecified atom stereocenters. The molecule has 0 saturated carbocycles. The average molecular weight is 138 g/mol. The van der Waals surface area contributed by atoms with Crippen molar-refractivity contribution < 1.29 is 4.74 Å². The zero-order chi connectivity index (χ0) is 5.11. The predicted molar refractivity (Wildman–Crippen MR) is 35.3 cm³/mol. The fraction of sp³-hybridized carbons (Fsp3) is 1.00. The highest BCUT2D eigenvalue weighted by Gasteiger charge is 2.10. The summed E-state index contributed by atoms with van der Waals surface area (Å²) >= 11 is 0. The van der Waals surface area contributed by atoms with E-state index in [2.05, 4.69) is 5.32 Å². The van der Waals surface area contributed by atoms with Crippen LogP contribution < -0.4 is 5.32 Å². The Hall–Kier alpha value is 0.210. The second-order valence-electron chi connectivity index (χ2n) is 1.82. The Bertz CT molecular complexity index is 54.4. The van der Waals surface area contributed by atoms with E-state index in [0.717, 1.165) is 6.54 Å². The zero-order valence-corrected chi connectivity index (χ0v) is 5.83. The first kappa shape index (κ1) is 8.21. The fourth-order valence-electron chi connectivity index (χ4n) is 0.854. The molecule has 50 valence electrons. The third kappa shape index (κ3) is 1.99. The maximum absolute atomic E-state index is 5.00. The second kappa shape index (κ2) is 4.13. The number of rotatable bonds is 1. The molecule has 1 aliphatic heterocycles. The van der Waals surface area contributed by atoms with Crippen LogP contribution in [0.4, 0.5) is 0 Å². The molecule has 2 nitrogen and oxygen atoms in total. The quantitative estimate of drug-likeness (QED) is 0.577. The van der Waals surface area contributed by atoms with Gasteiger partial charge in [0.25, 0.3) is 0 Å². The summed E-state index contributed by atoms with van der Waals surface area (Å²) in [5.41, 5.74) is 0. The minimum atomic E-state index is 0. The van der Waals surface area contributed by atoms with E-state index in [-0.39, 0.29) is 12.4 Å². The lowest BCUT2D eigenvalue weighted by Gasteiger charge is -2.04. The molecule has 1 atom stereocenters. The molecule has 3 heteroatoms. The monoisotopic (exact) mass is 137 g/mol. The van der Waals surface area contributed by atoms with Gasteiger partial charge in [-0.1, -0.05) is 0 Å². The molecule has 1 aliphatic rings. The van der Waals surface area contributed by atoms with E-state index in [4.69, 9.17) is 4.74 Å². The van der Waals surface area contributed by atoms with E-state index in [0.29, 0.717) is 6.23 Å². The molecule has 0 aliphatic carbocycles. The first-order valence-electron chi connectivity index (χ1n) is 2.69. The third-order valence-electron chi connectivity index (χ3n) is 1.30. The second-order valence-corrected chi connectivity index (χ2v) is 1.82. The molecular formula is C5H12ClNO. The Morgan fingerprint density at radius 1 is 1.62 bits per heavy atom.